The van der Waals surface area contributed by atoms with Crippen molar-refractivity contribution in [3.63, 3.8) is 0 Å². The number of aromatic nitrogens is 1. The molecule has 0 aliphatic heterocycles. The third-order valence-electron chi connectivity index (χ3n) is 2.12. The zero-order valence-corrected chi connectivity index (χ0v) is 11.5. The van der Waals surface area contributed by atoms with Gasteiger partial charge in [-0.2, -0.15) is 0 Å². The van der Waals surface area contributed by atoms with Gasteiger partial charge in [0.05, 0.1) is 6.54 Å². The highest BCUT2D eigenvalue weighted by molar-refractivity contribution is 7.13. The summed E-state index contributed by atoms with van der Waals surface area (Å²) in [6, 6.07) is 6.75. The number of amides is 2. The lowest BCUT2D eigenvalue weighted by atomic mass is 10.3. The number of carbonyl (C=O) groups is 1. The molecule has 0 spiro atoms. The monoisotopic (exact) mass is 297 g/mol. The second kappa shape index (κ2) is 6.96. The Kier molecular flexibility index (Phi) is 5.00. The van der Waals surface area contributed by atoms with Crippen LogP contribution in [0.1, 0.15) is 0 Å². The molecule has 1 heterocycles. The van der Waals surface area contributed by atoms with Gasteiger partial charge in [0, 0.05) is 16.6 Å². The molecule has 0 atom stereocenters. The molecular weight excluding hydrogens is 286 g/mol. The van der Waals surface area contributed by atoms with Crippen LogP contribution in [0.4, 0.5) is 9.93 Å². The number of rotatable bonds is 5. The summed E-state index contributed by atoms with van der Waals surface area (Å²) < 4.78 is 5.43. The van der Waals surface area contributed by atoms with Crippen LogP contribution in [-0.4, -0.2) is 24.2 Å². The fraction of sp³-hybridized carbons (Fsp3) is 0.167. The molecule has 2 aromatic rings. The van der Waals surface area contributed by atoms with Gasteiger partial charge in [-0.25, -0.2) is 9.78 Å². The van der Waals surface area contributed by atoms with Gasteiger partial charge in [0.1, 0.15) is 12.4 Å². The van der Waals surface area contributed by atoms with Gasteiger partial charge >= 0.3 is 6.03 Å². The zero-order valence-electron chi connectivity index (χ0n) is 9.93. The third-order valence-corrected chi connectivity index (χ3v) is 3.06. The first-order valence-electron chi connectivity index (χ1n) is 5.57. The van der Waals surface area contributed by atoms with E-state index in [1.807, 2.05) is 0 Å². The quantitative estimate of drug-likeness (QED) is 0.834. The molecule has 0 aliphatic carbocycles. The summed E-state index contributed by atoms with van der Waals surface area (Å²) in [5.74, 6) is 0.714. The van der Waals surface area contributed by atoms with Crippen LogP contribution in [0.2, 0.25) is 5.02 Å². The van der Waals surface area contributed by atoms with Gasteiger partial charge in [0.15, 0.2) is 5.13 Å². The van der Waals surface area contributed by atoms with E-state index in [-0.39, 0.29) is 6.03 Å². The molecule has 0 saturated heterocycles. The highest BCUT2D eigenvalue weighted by Crippen LogP contribution is 2.15. The third kappa shape index (κ3) is 4.76. The molecule has 1 aromatic carbocycles. The minimum absolute atomic E-state index is 0.297. The standard InChI is InChI=1S/C12H12ClN3O2S/c13-9-1-3-10(4-2-9)18-7-5-14-11(17)16-12-15-6-8-19-12/h1-4,6,8H,5,7H2,(H2,14,15,16,17). The lowest BCUT2D eigenvalue weighted by Gasteiger charge is -2.07. The topological polar surface area (TPSA) is 63.2 Å². The molecular formula is C12H12ClN3O2S. The van der Waals surface area contributed by atoms with E-state index in [1.165, 1.54) is 11.3 Å². The van der Waals surface area contributed by atoms with Crippen molar-refractivity contribution in [2.45, 2.75) is 0 Å². The van der Waals surface area contributed by atoms with Crippen molar-refractivity contribution in [1.82, 2.24) is 10.3 Å². The summed E-state index contributed by atoms with van der Waals surface area (Å²) in [5, 5.41) is 8.30. The molecule has 5 nitrogen and oxygen atoms in total. The number of nitrogens with one attached hydrogen (secondary N) is 2. The maximum Gasteiger partial charge on any atom is 0.321 e. The first-order valence-corrected chi connectivity index (χ1v) is 6.82. The highest BCUT2D eigenvalue weighted by Gasteiger charge is 2.02. The molecule has 0 radical (unpaired) electrons. The molecule has 7 heteroatoms. The molecule has 0 unspecified atom stereocenters. The fourth-order valence-corrected chi connectivity index (χ4v) is 1.94. The molecule has 0 fully saturated rings. The average molecular weight is 298 g/mol. The Bertz CT molecular complexity index is 516. The van der Waals surface area contributed by atoms with Crippen LogP contribution in [0.5, 0.6) is 5.75 Å². The van der Waals surface area contributed by atoms with Gasteiger partial charge < -0.3 is 10.1 Å². The molecule has 100 valence electrons. The summed E-state index contributed by atoms with van der Waals surface area (Å²) in [5.41, 5.74) is 0. The molecule has 0 bridgehead atoms. The van der Waals surface area contributed by atoms with E-state index in [9.17, 15) is 4.79 Å². The van der Waals surface area contributed by atoms with E-state index < -0.39 is 0 Å². The van der Waals surface area contributed by atoms with Crippen LogP contribution in [-0.2, 0) is 0 Å². The smallest absolute Gasteiger partial charge is 0.321 e. The minimum Gasteiger partial charge on any atom is -0.492 e. The number of hydrogen-bond donors (Lipinski definition) is 2. The first-order chi connectivity index (χ1) is 9.24. The second-order valence-corrected chi connectivity index (χ2v) is 4.85. The molecule has 1 aromatic heterocycles. The van der Waals surface area contributed by atoms with Crippen molar-refractivity contribution < 1.29 is 9.53 Å². The minimum atomic E-state index is -0.297. The van der Waals surface area contributed by atoms with E-state index in [4.69, 9.17) is 16.3 Å². The van der Waals surface area contributed by atoms with Crippen molar-refractivity contribution in [3.8, 4) is 5.75 Å². The lowest BCUT2D eigenvalue weighted by molar-refractivity contribution is 0.247. The number of anilines is 1. The van der Waals surface area contributed by atoms with Gasteiger partial charge in [-0.3, -0.25) is 5.32 Å². The van der Waals surface area contributed by atoms with E-state index in [0.29, 0.717) is 29.1 Å². The number of urea groups is 1. The summed E-state index contributed by atoms with van der Waals surface area (Å²) in [4.78, 5) is 15.4. The summed E-state index contributed by atoms with van der Waals surface area (Å²) in [6.07, 6.45) is 1.63. The number of halogens is 1. The summed E-state index contributed by atoms with van der Waals surface area (Å²) in [6.45, 7) is 0.784. The number of ether oxygens (including phenoxy) is 1. The van der Waals surface area contributed by atoms with Gasteiger partial charge in [0.2, 0.25) is 0 Å². The largest absolute Gasteiger partial charge is 0.492 e. The summed E-state index contributed by atoms with van der Waals surface area (Å²) in [7, 11) is 0. The van der Waals surface area contributed by atoms with Crippen molar-refractivity contribution in [1.29, 1.82) is 0 Å². The van der Waals surface area contributed by atoms with Crippen molar-refractivity contribution >= 4 is 34.1 Å². The van der Waals surface area contributed by atoms with Gasteiger partial charge in [-0.05, 0) is 24.3 Å². The van der Waals surface area contributed by atoms with Gasteiger partial charge in [-0.15, -0.1) is 11.3 Å². The molecule has 19 heavy (non-hydrogen) atoms. The predicted molar refractivity (Wildman–Crippen MR) is 76.1 cm³/mol. The Morgan fingerprint density at radius 1 is 1.37 bits per heavy atom. The predicted octanol–water partition coefficient (Wildman–Crippen LogP) is 3.00. The van der Waals surface area contributed by atoms with E-state index in [1.54, 1.807) is 35.8 Å². The van der Waals surface area contributed by atoms with Gasteiger partial charge in [0.25, 0.3) is 0 Å². The maximum absolute atomic E-state index is 11.4. The highest BCUT2D eigenvalue weighted by atomic mass is 35.5. The zero-order chi connectivity index (χ0) is 13.5. The van der Waals surface area contributed by atoms with Crippen LogP contribution in [0, 0.1) is 0 Å². The Morgan fingerprint density at radius 3 is 2.84 bits per heavy atom. The molecule has 2 rings (SSSR count). The van der Waals surface area contributed by atoms with Crippen LogP contribution < -0.4 is 15.4 Å². The molecule has 2 N–H and O–H groups in total. The average Bonchev–Trinajstić information content (AvgIpc) is 2.89. The SMILES string of the molecule is O=C(NCCOc1ccc(Cl)cc1)Nc1nccs1. The number of thiazole rings is 1. The van der Waals surface area contributed by atoms with E-state index >= 15 is 0 Å². The van der Waals surface area contributed by atoms with Crippen molar-refractivity contribution in [2.75, 3.05) is 18.5 Å². The van der Waals surface area contributed by atoms with Crippen LogP contribution in [0.15, 0.2) is 35.8 Å². The number of benzene rings is 1. The normalized spacial score (nSPS) is 9.95. The van der Waals surface area contributed by atoms with Gasteiger partial charge in [-0.1, -0.05) is 11.6 Å². The van der Waals surface area contributed by atoms with Crippen LogP contribution >= 0.6 is 22.9 Å². The van der Waals surface area contributed by atoms with Crippen molar-refractivity contribution in [2.24, 2.45) is 0 Å². The van der Waals surface area contributed by atoms with Crippen molar-refractivity contribution in [3.05, 3.63) is 40.9 Å². The Labute approximate surface area is 119 Å². The fourth-order valence-electron chi connectivity index (χ4n) is 1.29. The summed E-state index contributed by atoms with van der Waals surface area (Å²) >= 11 is 7.12. The number of hydrogen-bond acceptors (Lipinski definition) is 4. The molecule has 2 amide bonds. The molecule has 0 aliphatic rings. The van der Waals surface area contributed by atoms with E-state index in [0.717, 1.165) is 0 Å². The Balaban J connectivity index is 1.64. The maximum atomic E-state index is 11.4. The lowest BCUT2D eigenvalue weighted by Crippen LogP contribution is -2.32. The number of carbonyl (C=O) groups excluding carboxylic acids is 1. The molecule has 0 saturated carbocycles. The Hall–Kier alpha value is -1.79. The van der Waals surface area contributed by atoms with Crippen LogP contribution in [0.3, 0.4) is 0 Å². The second-order valence-electron chi connectivity index (χ2n) is 3.52. The van der Waals surface area contributed by atoms with E-state index in [2.05, 4.69) is 15.6 Å². The first kappa shape index (κ1) is 13.6. The number of nitrogens with zero attached hydrogens (tertiary/aromatic N) is 1. The Morgan fingerprint density at radius 2 is 2.16 bits per heavy atom. The van der Waals surface area contributed by atoms with Crippen LogP contribution in [0.25, 0.3) is 0 Å².